The van der Waals surface area contributed by atoms with E-state index in [1.165, 1.54) is 0 Å². The van der Waals surface area contributed by atoms with E-state index < -0.39 is 29.3 Å². The van der Waals surface area contributed by atoms with Gasteiger partial charge in [-0.1, -0.05) is 104 Å². The van der Waals surface area contributed by atoms with E-state index >= 15 is 0 Å². The first kappa shape index (κ1) is 32.1. The van der Waals surface area contributed by atoms with Gasteiger partial charge >= 0.3 is 17.9 Å². The van der Waals surface area contributed by atoms with Gasteiger partial charge in [-0.25, -0.2) is 14.4 Å². The quantitative estimate of drug-likeness (QED) is 0.340. The summed E-state index contributed by atoms with van der Waals surface area (Å²) in [5.74, 6) is -4.38. The Kier molecular flexibility index (Phi) is 19.7. The molecule has 0 aromatic heterocycles. The number of carboxylic acids is 3. The predicted molar refractivity (Wildman–Crippen MR) is 83.8 cm³/mol. The van der Waals surface area contributed by atoms with Crippen molar-refractivity contribution < 1.29 is 70.1 Å². The molecule has 3 N–H and O–H groups in total. The summed E-state index contributed by atoms with van der Waals surface area (Å²) in [5, 5.41) is 23.6. The topological polar surface area (TPSA) is 112 Å². The Morgan fingerprint density at radius 3 is 0.545 bits per heavy atom. The number of aliphatic carboxylic acids is 3. The van der Waals surface area contributed by atoms with Crippen molar-refractivity contribution in [3.63, 3.8) is 0 Å². The molecule has 132 valence electrons. The number of carboxylic acid groups (broad SMARTS) is 3. The van der Waals surface area contributed by atoms with Crippen LogP contribution in [0.5, 0.6) is 0 Å². The van der Waals surface area contributed by atoms with Crippen LogP contribution >= 0.6 is 104 Å². The fourth-order valence-electron chi connectivity index (χ4n) is 0. The Hall–Kier alpha value is 2.36. The molecule has 0 aliphatic carbocycles. The summed E-state index contributed by atoms with van der Waals surface area (Å²) in [6.45, 7) is 0. The number of hydrogen-bond acceptors (Lipinski definition) is 3. The third-order valence-corrected chi connectivity index (χ3v) is 2.18. The number of carbonyl (C=O) groups is 3. The van der Waals surface area contributed by atoms with Gasteiger partial charge < -0.3 is 15.3 Å². The van der Waals surface area contributed by atoms with Crippen molar-refractivity contribution in [2.24, 2.45) is 0 Å². The minimum Gasteiger partial charge on any atom is -0.478 e. The first-order valence-electron chi connectivity index (χ1n) is 3.73. The second-order valence-corrected chi connectivity index (χ2v) is 9.25. The fraction of sp³-hybridized carbons (Fsp3) is 0.500. The van der Waals surface area contributed by atoms with Crippen LogP contribution in [0.15, 0.2) is 0 Å². The normalized spacial score (nSPS) is 10.8. The summed E-state index contributed by atoms with van der Waals surface area (Å²) >= 11 is 43.2. The van der Waals surface area contributed by atoms with Crippen molar-refractivity contribution in [1.29, 1.82) is 0 Å². The molecule has 0 atom stereocenters. The Morgan fingerprint density at radius 2 is 0.545 bits per heavy atom. The molecule has 0 aromatic rings. The maximum Gasteiger partial charge on any atom is 0.356 e. The van der Waals surface area contributed by atoms with Crippen molar-refractivity contribution in [1.82, 2.24) is 0 Å². The van der Waals surface area contributed by atoms with Gasteiger partial charge in [0.15, 0.2) is 0 Å². The SMILES string of the molecule is O=C(O)C(Cl)(Cl)Cl.O=C(O)C(Cl)(Cl)Cl.O=C(O)C(Cl)(Cl)Cl.[Sm]. The number of halogens is 9. The Labute approximate surface area is 201 Å². The average Bonchev–Trinajstić information content (AvgIpc) is 2.14. The summed E-state index contributed by atoms with van der Waals surface area (Å²) < 4.78 is -6.50. The van der Waals surface area contributed by atoms with Crippen LogP contribution in [-0.2, 0) is 14.4 Å². The summed E-state index contributed by atoms with van der Waals surface area (Å²) in [4.78, 5) is 28.9. The predicted octanol–water partition coefficient (Wildman–Crippen LogP) is 4.32. The van der Waals surface area contributed by atoms with Gasteiger partial charge in [0.1, 0.15) is 0 Å². The van der Waals surface area contributed by atoms with Crippen LogP contribution in [0, 0.1) is 40.4 Å². The van der Waals surface area contributed by atoms with E-state index in [1.807, 2.05) is 0 Å². The van der Waals surface area contributed by atoms with E-state index in [1.54, 1.807) is 0 Å². The number of rotatable bonds is 0. The average molecular weight is 641 g/mol. The Morgan fingerprint density at radius 1 is 0.500 bits per heavy atom. The summed E-state index contributed by atoms with van der Waals surface area (Å²) in [7, 11) is 0. The molecule has 0 bridgehead atoms. The standard InChI is InChI=1S/3C2HCl3O2.Sm/c3*3-2(4,5)1(6)7;/h3*(H,6,7);. The molecular weight excluding hydrogens is 637 g/mol. The molecule has 0 aliphatic rings. The molecular formula is C6H3Cl9O6Sm. The van der Waals surface area contributed by atoms with E-state index in [-0.39, 0.29) is 40.4 Å². The van der Waals surface area contributed by atoms with Crippen molar-refractivity contribution >= 4 is 122 Å². The van der Waals surface area contributed by atoms with Crippen molar-refractivity contribution in [2.45, 2.75) is 11.4 Å². The molecule has 0 radical (unpaired) electrons. The zero-order chi connectivity index (χ0) is 18.2. The smallest absolute Gasteiger partial charge is 0.356 e. The molecule has 0 saturated heterocycles. The molecule has 0 spiro atoms. The summed E-state index contributed by atoms with van der Waals surface area (Å²) in [6.07, 6.45) is 0. The van der Waals surface area contributed by atoms with Crippen LogP contribution in [0.3, 0.4) is 0 Å². The zero-order valence-electron chi connectivity index (χ0n) is 9.38. The van der Waals surface area contributed by atoms with Crippen LogP contribution in [0.4, 0.5) is 0 Å². The molecule has 0 saturated carbocycles. The third kappa shape index (κ3) is 24.6. The molecule has 0 aliphatic heterocycles. The molecule has 0 rings (SSSR count). The molecule has 0 aromatic carbocycles. The first-order valence-corrected chi connectivity index (χ1v) is 7.14. The molecule has 0 amide bonds. The van der Waals surface area contributed by atoms with Gasteiger partial charge in [0.25, 0.3) is 11.4 Å². The zero-order valence-corrected chi connectivity index (χ0v) is 18.8. The molecule has 0 fully saturated rings. The Balaban J connectivity index is -0.000000108. The van der Waals surface area contributed by atoms with E-state index in [0.717, 1.165) is 0 Å². The second kappa shape index (κ2) is 13.5. The van der Waals surface area contributed by atoms with Crippen molar-refractivity contribution in [3.05, 3.63) is 0 Å². The van der Waals surface area contributed by atoms with E-state index in [2.05, 4.69) is 0 Å². The molecule has 22 heavy (non-hydrogen) atoms. The summed E-state index contributed by atoms with van der Waals surface area (Å²) in [6, 6.07) is 0. The number of hydrogen-bond donors (Lipinski definition) is 3. The van der Waals surface area contributed by atoms with Gasteiger partial charge in [-0.15, -0.1) is 0 Å². The molecule has 0 heterocycles. The minimum atomic E-state index is -2.17. The Bertz CT molecular complexity index is 313. The maximum absolute atomic E-state index is 9.62. The largest absolute Gasteiger partial charge is 0.478 e. The van der Waals surface area contributed by atoms with Crippen molar-refractivity contribution in [2.75, 3.05) is 0 Å². The van der Waals surface area contributed by atoms with Gasteiger partial charge in [-0.05, 0) is 0 Å². The van der Waals surface area contributed by atoms with Crippen LogP contribution in [0.25, 0.3) is 0 Å². The third-order valence-electron chi connectivity index (χ3n) is 0.728. The molecule has 16 heteroatoms. The van der Waals surface area contributed by atoms with E-state index in [4.69, 9.17) is 120 Å². The second-order valence-electron chi connectivity index (χ2n) is 2.41. The van der Waals surface area contributed by atoms with Gasteiger partial charge in [0.05, 0.1) is 0 Å². The van der Waals surface area contributed by atoms with Gasteiger partial charge in [-0.3, -0.25) is 0 Å². The van der Waals surface area contributed by atoms with E-state index in [9.17, 15) is 14.4 Å². The minimum absolute atomic E-state index is 0. The van der Waals surface area contributed by atoms with Crippen LogP contribution < -0.4 is 0 Å². The maximum atomic E-state index is 9.62. The van der Waals surface area contributed by atoms with Gasteiger partial charge in [-0.2, -0.15) is 0 Å². The van der Waals surface area contributed by atoms with Gasteiger partial charge in [0, 0.05) is 40.4 Å². The monoisotopic (exact) mass is 638 g/mol. The van der Waals surface area contributed by atoms with Crippen molar-refractivity contribution in [3.8, 4) is 0 Å². The van der Waals surface area contributed by atoms with Gasteiger partial charge in [0.2, 0.25) is 0 Å². The van der Waals surface area contributed by atoms with Crippen LogP contribution in [0.2, 0.25) is 0 Å². The molecule has 0 unspecified atom stereocenters. The fourth-order valence-corrected chi connectivity index (χ4v) is 0. The first-order chi connectivity index (χ1) is 8.83. The van der Waals surface area contributed by atoms with Crippen LogP contribution in [-0.4, -0.2) is 44.6 Å². The molecule has 6 nitrogen and oxygen atoms in total. The summed E-state index contributed by atoms with van der Waals surface area (Å²) in [5.41, 5.74) is 0. The van der Waals surface area contributed by atoms with E-state index in [0.29, 0.717) is 0 Å². The van der Waals surface area contributed by atoms with Crippen LogP contribution in [0.1, 0.15) is 0 Å². The number of alkyl halides is 9.